The first-order chi connectivity index (χ1) is 13.3. The van der Waals surface area contributed by atoms with E-state index < -0.39 is 11.7 Å². The molecule has 150 valence electrons. The Bertz CT molecular complexity index is 916. The summed E-state index contributed by atoms with van der Waals surface area (Å²) < 4.78 is 6.79. The standard InChI is InChI=1S/C9H8O4.C8H11N3O3S/c10-7-3-1-6(5-8(7)11)2-4-9(12)13;9-5-1-2-11(8(13)10-5)6-4-15-7(3-12)14-6/h1-5,10-11H,(H,12,13);1-2,6-7,12H,3-4H2,(H2,9,10,13)/t;6-,7+/m.1/s1. The summed E-state index contributed by atoms with van der Waals surface area (Å²) in [5.74, 6) is -0.746. The topological polar surface area (TPSA) is 168 Å². The molecule has 1 aromatic carbocycles. The molecule has 2 heterocycles. The van der Waals surface area contributed by atoms with Gasteiger partial charge in [0, 0.05) is 18.0 Å². The van der Waals surface area contributed by atoms with Crippen molar-refractivity contribution in [2.75, 3.05) is 18.1 Å². The minimum Gasteiger partial charge on any atom is -0.504 e. The van der Waals surface area contributed by atoms with Crippen molar-refractivity contribution in [3.8, 4) is 11.5 Å². The van der Waals surface area contributed by atoms with Gasteiger partial charge < -0.3 is 30.9 Å². The molecule has 3 rings (SSSR count). The molecule has 28 heavy (non-hydrogen) atoms. The van der Waals surface area contributed by atoms with E-state index in [1.165, 1.54) is 40.6 Å². The van der Waals surface area contributed by atoms with Gasteiger partial charge in [-0.05, 0) is 29.8 Å². The molecule has 1 aliphatic heterocycles. The summed E-state index contributed by atoms with van der Waals surface area (Å²) in [7, 11) is 0. The number of aromatic nitrogens is 2. The SMILES string of the molecule is Nc1ccn([C@H]2CS[C@@H](CO)O2)c(=O)n1.O=C(O)C=Cc1ccc(O)c(O)c1. The van der Waals surface area contributed by atoms with E-state index in [0.717, 1.165) is 6.08 Å². The zero-order valence-corrected chi connectivity index (χ0v) is 15.3. The molecule has 1 saturated heterocycles. The van der Waals surface area contributed by atoms with Crippen LogP contribution in [0, 0.1) is 0 Å². The zero-order valence-electron chi connectivity index (χ0n) is 14.5. The smallest absolute Gasteiger partial charge is 0.351 e. The van der Waals surface area contributed by atoms with Gasteiger partial charge in [-0.1, -0.05) is 6.07 Å². The fourth-order valence-electron chi connectivity index (χ4n) is 2.14. The molecular formula is C17H19N3O7S. The number of aliphatic hydroxyl groups is 1. The zero-order chi connectivity index (χ0) is 20.7. The van der Waals surface area contributed by atoms with Crippen LogP contribution in [0.4, 0.5) is 5.82 Å². The molecule has 0 unspecified atom stereocenters. The van der Waals surface area contributed by atoms with E-state index in [4.69, 9.17) is 30.9 Å². The van der Waals surface area contributed by atoms with Gasteiger partial charge in [-0.2, -0.15) is 4.98 Å². The van der Waals surface area contributed by atoms with E-state index >= 15 is 0 Å². The van der Waals surface area contributed by atoms with E-state index in [9.17, 15) is 9.59 Å². The van der Waals surface area contributed by atoms with Crippen molar-refractivity contribution in [1.29, 1.82) is 0 Å². The van der Waals surface area contributed by atoms with E-state index in [-0.39, 0.29) is 35.6 Å². The lowest BCUT2D eigenvalue weighted by molar-refractivity contribution is -0.131. The average Bonchev–Trinajstić information content (AvgIpc) is 3.12. The molecule has 0 aliphatic carbocycles. The predicted molar refractivity (Wildman–Crippen MR) is 103 cm³/mol. The van der Waals surface area contributed by atoms with Crippen LogP contribution in [0.3, 0.4) is 0 Å². The molecule has 1 fully saturated rings. The quantitative estimate of drug-likeness (QED) is 0.356. The molecule has 2 atom stereocenters. The van der Waals surface area contributed by atoms with E-state index in [1.807, 2.05) is 0 Å². The van der Waals surface area contributed by atoms with Crippen LogP contribution in [0.5, 0.6) is 11.5 Å². The fourth-order valence-corrected chi connectivity index (χ4v) is 3.07. The normalized spacial score (nSPS) is 18.6. The highest BCUT2D eigenvalue weighted by atomic mass is 32.2. The van der Waals surface area contributed by atoms with Crippen molar-refractivity contribution in [2.24, 2.45) is 0 Å². The largest absolute Gasteiger partial charge is 0.504 e. The Balaban J connectivity index is 0.000000203. The number of aromatic hydroxyl groups is 2. The first-order valence-electron chi connectivity index (χ1n) is 7.95. The number of anilines is 1. The number of hydrogen-bond donors (Lipinski definition) is 5. The summed E-state index contributed by atoms with van der Waals surface area (Å²) in [5, 5.41) is 35.1. The number of carbonyl (C=O) groups is 1. The van der Waals surface area contributed by atoms with E-state index in [0.29, 0.717) is 11.3 Å². The number of aliphatic carboxylic acids is 1. The van der Waals surface area contributed by atoms with Crippen molar-refractivity contribution in [3.63, 3.8) is 0 Å². The highest BCUT2D eigenvalue weighted by molar-refractivity contribution is 8.00. The molecule has 1 aliphatic rings. The van der Waals surface area contributed by atoms with Gasteiger partial charge in [0.25, 0.3) is 0 Å². The van der Waals surface area contributed by atoms with Crippen LogP contribution in [-0.2, 0) is 9.53 Å². The monoisotopic (exact) mass is 409 g/mol. The summed E-state index contributed by atoms with van der Waals surface area (Å²) in [6.07, 6.45) is 3.45. The second-order valence-corrected chi connectivity index (χ2v) is 6.69. The molecule has 2 aromatic rings. The van der Waals surface area contributed by atoms with Crippen LogP contribution < -0.4 is 11.4 Å². The Kier molecular flexibility index (Phi) is 7.44. The maximum absolute atomic E-state index is 11.4. The van der Waals surface area contributed by atoms with Crippen molar-refractivity contribution < 1.29 is 30.0 Å². The summed E-state index contributed by atoms with van der Waals surface area (Å²) in [5.41, 5.74) is 5.19. The van der Waals surface area contributed by atoms with Gasteiger partial charge in [0.1, 0.15) is 17.5 Å². The number of hydrogen-bond acceptors (Lipinski definition) is 9. The number of phenols is 2. The third-order valence-electron chi connectivity index (χ3n) is 3.46. The second kappa shape index (κ2) is 9.78. The lowest BCUT2D eigenvalue weighted by Gasteiger charge is -2.13. The van der Waals surface area contributed by atoms with Crippen LogP contribution >= 0.6 is 11.8 Å². The first kappa shape index (κ1) is 21.3. The van der Waals surface area contributed by atoms with Crippen LogP contribution in [-0.4, -0.2) is 53.7 Å². The van der Waals surface area contributed by atoms with Crippen LogP contribution in [0.25, 0.3) is 6.08 Å². The van der Waals surface area contributed by atoms with E-state index in [2.05, 4.69) is 4.98 Å². The fraction of sp³-hybridized carbons (Fsp3) is 0.235. The first-order valence-corrected chi connectivity index (χ1v) is 9.00. The third-order valence-corrected chi connectivity index (χ3v) is 4.57. The molecule has 0 saturated carbocycles. The number of ether oxygens (including phenoxy) is 1. The summed E-state index contributed by atoms with van der Waals surface area (Å²) in [4.78, 5) is 25.2. The van der Waals surface area contributed by atoms with Gasteiger partial charge in [0.15, 0.2) is 11.5 Å². The minimum absolute atomic E-state index is 0.0572. The van der Waals surface area contributed by atoms with Crippen molar-refractivity contribution >= 4 is 29.6 Å². The maximum Gasteiger partial charge on any atom is 0.351 e. The Labute approximate surface area is 163 Å². The second-order valence-electron chi connectivity index (χ2n) is 5.50. The summed E-state index contributed by atoms with van der Waals surface area (Å²) in [6, 6.07) is 5.60. The van der Waals surface area contributed by atoms with Crippen LogP contribution in [0.15, 0.2) is 41.3 Å². The number of thioether (sulfide) groups is 1. The number of nitrogen functional groups attached to an aromatic ring is 1. The van der Waals surface area contributed by atoms with Gasteiger partial charge in [-0.25, -0.2) is 9.59 Å². The molecule has 0 amide bonds. The Morgan fingerprint density at radius 2 is 2.11 bits per heavy atom. The van der Waals surface area contributed by atoms with Crippen molar-refractivity contribution in [3.05, 3.63) is 52.6 Å². The summed E-state index contributed by atoms with van der Waals surface area (Å²) >= 11 is 1.47. The molecule has 6 N–H and O–H groups in total. The number of carboxylic acid groups (broad SMARTS) is 1. The van der Waals surface area contributed by atoms with Gasteiger partial charge in [-0.15, -0.1) is 11.8 Å². The number of phenolic OH excluding ortho intramolecular Hbond substituents is 2. The van der Waals surface area contributed by atoms with E-state index in [1.54, 1.807) is 12.3 Å². The molecule has 10 nitrogen and oxygen atoms in total. The van der Waals surface area contributed by atoms with Gasteiger partial charge in [-0.3, -0.25) is 4.57 Å². The van der Waals surface area contributed by atoms with Crippen LogP contribution in [0.2, 0.25) is 0 Å². The van der Waals surface area contributed by atoms with Crippen molar-refractivity contribution in [2.45, 2.75) is 11.7 Å². The maximum atomic E-state index is 11.4. The lowest BCUT2D eigenvalue weighted by atomic mass is 10.2. The summed E-state index contributed by atoms with van der Waals surface area (Å²) in [6.45, 7) is -0.0572. The predicted octanol–water partition coefficient (Wildman–Crippen LogP) is 0.602. The van der Waals surface area contributed by atoms with Crippen molar-refractivity contribution in [1.82, 2.24) is 9.55 Å². The minimum atomic E-state index is -1.06. The van der Waals surface area contributed by atoms with Gasteiger partial charge >= 0.3 is 11.7 Å². The number of carboxylic acids is 1. The molecule has 0 bridgehead atoms. The van der Waals surface area contributed by atoms with Crippen LogP contribution in [0.1, 0.15) is 11.8 Å². The molecule has 11 heteroatoms. The molecular weight excluding hydrogens is 390 g/mol. The Morgan fingerprint density at radius 1 is 1.36 bits per heavy atom. The molecule has 0 spiro atoms. The number of aliphatic hydroxyl groups excluding tert-OH is 1. The third kappa shape index (κ3) is 6.01. The number of benzene rings is 1. The van der Waals surface area contributed by atoms with Gasteiger partial charge in [0.2, 0.25) is 0 Å². The Morgan fingerprint density at radius 3 is 2.68 bits per heavy atom. The Hall–Kier alpha value is -3.02. The molecule has 1 aromatic heterocycles. The van der Waals surface area contributed by atoms with Gasteiger partial charge in [0.05, 0.1) is 6.61 Å². The highest BCUT2D eigenvalue weighted by Gasteiger charge is 2.27. The number of nitrogens with zero attached hydrogens (tertiary/aromatic N) is 2. The number of nitrogens with two attached hydrogens (primary N) is 1. The number of rotatable bonds is 4. The molecule has 0 radical (unpaired) electrons. The lowest BCUT2D eigenvalue weighted by Crippen LogP contribution is -2.28. The highest BCUT2D eigenvalue weighted by Crippen LogP contribution is 2.30. The average molecular weight is 409 g/mol.